The second-order valence-electron chi connectivity index (χ2n) is 4.57. The molecule has 1 atom stereocenters. The van der Waals surface area contributed by atoms with Crippen molar-refractivity contribution in [3.05, 3.63) is 34.4 Å². The Bertz CT molecular complexity index is 376. The second kappa shape index (κ2) is 6.92. The monoisotopic (exact) mass is 253 g/mol. The summed E-state index contributed by atoms with van der Waals surface area (Å²) in [6, 6.07) is 4.40. The molecule has 2 nitrogen and oxygen atoms in total. The molecule has 0 aliphatic heterocycles. The Balaban J connectivity index is 2.82. The van der Waals surface area contributed by atoms with E-state index < -0.39 is 11.1 Å². The van der Waals surface area contributed by atoms with Crippen LogP contribution in [0.1, 0.15) is 42.0 Å². The van der Waals surface area contributed by atoms with E-state index in [2.05, 4.69) is 32.9 Å². The molecule has 1 aromatic carbocycles. The van der Waals surface area contributed by atoms with Gasteiger partial charge in [0.1, 0.15) is 0 Å². The molecule has 0 aliphatic carbocycles. The van der Waals surface area contributed by atoms with E-state index in [9.17, 15) is 8.76 Å². The van der Waals surface area contributed by atoms with Gasteiger partial charge in [-0.1, -0.05) is 36.6 Å². The fourth-order valence-electron chi connectivity index (χ4n) is 2.19. The van der Waals surface area contributed by atoms with Gasteiger partial charge in [0.2, 0.25) is 0 Å². The molecule has 3 heteroatoms. The van der Waals surface area contributed by atoms with Gasteiger partial charge in [-0.05, 0) is 55.4 Å². The van der Waals surface area contributed by atoms with Crippen molar-refractivity contribution in [2.75, 3.05) is 5.75 Å². The van der Waals surface area contributed by atoms with Crippen molar-refractivity contribution in [2.24, 2.45) is 0 Å². The first-order chi connectivity index (χ1) is 8.04. The molecule has 0 aliphatic rings. The third kappa shape index (κ3) is 4.60. The molecule has 1 rings (SSSR count). The summed E-state index contributed by atoms with van der Waals surface area (Å²) in [7, 11) is 0. The van der Waals surface area contributed by atoms with Gasteiger partial charge in [-0.3, -0.25) is 4.21 Å². The van der Waals surface area contributed by atoms with Crippen LogP contribution in [0.15, 0.2) is 12.1 Å². The van der Waals surface area contributed by atoms with Crippen LogP contribution in [0, 0.1) is 13.8 Å². The Morgan fingerprint density at radius 2 is 1.76 bits per heavy atom. The van der Waals surface area contributed by atoms with Crippen LogP contribution in [0.25, 0.3) is 0 Å². The first kappa shape index (κ1) is 14.4. The molecule has 0 heterocycles. The summed E-state index contributed by atoms with van der Waals surface area (Å²) in [5, 5.41) is 0. The van der Waals surface area contributed by atoms with Crippen molar-refractivity contribution >= 4 is 11.1 Å². The van der Waals surface area contributed by atoms with Crippen LogP contribution in [0.5, 0.6) is 0 Å². The fraction of sp³-hybridized carbons (Fsp3) is 0.571. The summed E-state index contributed by atoms with van der Waals surface area (Å²) >= 11 is -1.94. The summed E-state index contributed by atoms with van der Waals surface area (Å²) in [6.07, 6.45) is 4.16. The second-order valence-corrected chi connectivity index (χ2v) is 5.59. The molecule has 17 heavy (non-hydrogen) atoms. The Morgan fingerprint density at radius 1 is 1.18 bits per heavy atom. The zero-order valence-electron chi connectivity index (χ0n) is 10.9. The molecular weight excluding hydrogens is 232 g/mol. The highest BCUT2D eigenvalue weighted by Crippen LogP contribution is 2.19. The molecule has 0 aromatic heterocycles. The molecule has 96 valence electrons. The minimum Gasteiger partial charge on any atom is -0.772 e. The van der Waals surface area contributed by atoms with Crippen LogP contribution in [0.2, 0.25) is 0 Å². The van der Waals surface area contributed by atoms with Crippen molar-refractivity contribution < 1.29 is 8.76 Å². The minimum absolute atomic E-state index is 0.218. The summed E-state index contributed by atoms with van der Waals surface area (Å²) < 4.78 is 21.2. The number of aryl methyl sites for hydroxylation is 3. The Morgan fingerprint density at radius 3 is 2.24 bits per heavy atom. The minimum atomic E-state index is -1.94. The third-order valence-electron chi connectivity index (χ3n) is 3.09. The molecular formula is C14H21O2S-. The first-order valence-corrected chi connectivity index (χ1v) is 7.43. The van der Waals surface area contributed by atoms with Crippen LogP contribution >= 0.6 is 0 Å². The van der Waals surface area contributed by atoms with Crippen LogP contribution < -0.4 is 0 Å². The smallest absolute Gasteiger partial charge is 0.0142 e. The summed E-state index contributed by atoms with van der Waals surface area (Å²) in [5.41, 5.74) is 5.01. The molecule has 1 aromatic rings. The maximum atomic E-state index is 10.6. The van der Waals surface area contributed by atoms with Crippen molar-refractivity contribution in [1.29, 1.82) is 0 Å². The van der Waals surface area contributed by atoms with Crippen LogP contribution in [0.4, 0.5) is 0 Å². The molecule has 0 bridgehead atoms. The molecule has 0 fully saturated rings. The lowest BCUT2D eigenvalue weighted by molar-refractivity contribution is 0.536. The van der Waals surface area contributed by atoms with E-state index in [1.54, 1.807) is 0 Å². The zero-order chi connectivity index (χ0) is 12.8. The van der Waals surface area contributed by atoms with Gasteiger partial charge in [0.25, 0.3) is 0 Å². The molecule has 0 saturated heterocycles. The lowest BCUT2D eigenvalue weighted by Crippen LogP contribution is -2.04. The van der Waals surface area contributed by atoms with Crippen molar-refractivity contribution in [3.8, 4) is 0 Å². The SMILES string of the molecule is CCCCc1cc(C)c(CCS(=O)[O-])c(C)c1. The van der Waals surface area contributed by atoms with E-state index >= 15 is 0 Å². The third-order valence-corrected chi connectivity index (χ3v) is 3.63. The zero-order valence-corrected chi connectivity index (χ0v) is 11.7. The largest absolute Gasteiger partial charge is 0.772 e. The molecule has 0 saturated carbocycles. The van der Waals surface area contributed by atoms with Gasteiger partial charge in [0.05, 0.1) is 0 Å². The number of hydrogen-bond donors (Lipinski definition) is 0. The number of unbranched alkanes of at least 4 members (excludes halogenated alkanes) is 1. The van der Waals surface area contributed by atoms with E-state index in [1.165, 1.54) is 35.1 Å². The van der Waals surface area contributed by atoms with E-state index in [1.807, 2.05) is 0 Å². The quantitative estimate of drug-likeness (QED) is 0.731. The highest BCUT2D eigenvalue weighted by molar-refractivity contribution is 7.79. The molecule has 0 amide bonds. The Labute approximate surface area is 107 Å². The Hall–Kier alpha value is -0.670. The molecule has 0 spiro atoms. The van der Waals surface area contributed by atoms with E-state index in [4.69, 9.17) is 0 Å². The highest BCUT2D eigenvalue weighted by atomic mass is 32.2. The van der Waals surface area contributed by atoms with E-state index in [0.717, 1.165) is 6.42 Å². The predicted octanol–water partition coefficient (Wildman–Crippen LogP) is 3.07. The van der Waals surface area contributed by atoms with E-state index in [0.29, 0.717) is 6.42 Å². The average molecular weight is 253 g/mol. The molecule has 1 unspecified atom stereocenters. The van der Waals surface area contributed by atoms with E-state index in [-0.39, 0.29) is 5.75 Å². The standard InChI is InChI=1S/C14H22O2S/c1-4-5-6-13-9-11(2)14(12(3)10-13)7-8-17(15)16/h9-10H,4-8H2,1-3H3,(H,15,16)/p-1. The number of rotatable bonds is 6. The van der Waals surface area contributed by atoms with Crippen molar-refractivity contribution in [3.63, 3.8) is 0 Å². The van der Waals surface area contributed by atoms with Crippen LogP contribution in [-0.4, -0.2) is 14.5 Å². The van der Waals surface area contributed by atoms with Crippen molar-refractivity contribution in [1.82, 2.24) is 0 Å². The molecule has 0 N–H and O–H groups in total. The predicted molar refractivity (Wildman–Crippen MR) is 72.0 cm³/mol. The number of benzene rings is 1. The molecule has 0 radical (unpaired) electrons. The van der Waals surface area contributed by atoms with Crippen LogP contribution in [0.3, 0.4) is 0 Å². The van der Waals surface area contributed by atoms with Gasteiger partial charge in [-0.2, -0.15) is 0 Å². The number of hydrogen-bond acceptors (Lipinski definition) is 2. The summed E-state index contributed by atoms with van der Waals surface area (Å²) in [5.74, 6) is 0.218. The van der Waals surface area contributed by atoms with Crippen molar-refractivity contribution in [2.45, 2.75) is 46.5 Å². The topological polar surface area (TPSA) is 40.1 Å². The maximum absolute atomic E-state index is 10.6. The van der Waals surface area contributed by atoms with Gasteiger partial charge < -0.3 is 4.55 Å². The normalized spacial score (nSPS) is 12.7. The Kier molecular flexibility index (Phi) is 5.86. The fourth-order valence-corrected chi connectivity index (χ4v) is 2.56. The maximum Gasteiger partial charge on any atom is 0.0142 e. The van der Waals surface area contributed by atoms with Gasteiger partial charge >= 0.3 is 0 Å². The van der Waals surface area contributed by atoms with Gasteiger partial charge in [0.15, 0.2) is 0 Å². The van der Waals surface area contributed by atoms with Gasteiger partial charge in [0, 0.05) is 5.75 Å². The van der Waals surface area contributed by atoms with Crippen LogP contribution in [-0.2, 0) is 23.9 Å². The summed E-state index contributed by atoms with van der Waals surface area (Å²) in [6.45, 7) is 6.34. The lowest BCUT2D eigenvalue weighted by atomic mass is 9.95. The van der Waals surface area contributed by atoms with Gasteiger partial charge in [-0.15, -0.1) is 0 Å². The summed E-state index contributed by atoms with van der Waals surface area (Å²) in [4.78, 5) is 0. The first-order valence-electron chi connectivity index (χ1n) is 6.19. The van der Waals surface area contributed by atoms with Gasteiger partial charge in [-0.25, -0.2) is 0 Å². The highest BCUT2D eigenvalue weighted by Gasteiger charge is 2.05. The lowest BCUT2D eigenvalue weighted by Gasteiger charge is -2.13. The average Bonchev–Trinajstić information content (AvgIpc) is 2.24.